The second-order valence-electron chi connectivity index (χ2n) is 6.02. The Balaban J connectivity index is 1.94. The van der Waals surface area contributed by atoms with Crippen LogP contribution in [-0.2, 0) is 6.54 Å². The smallest absolute Gasteiger partial charge is 0.127 e. The molecule has 2 rings (SSSR count). The minimum Gasteiger partial charge on any atom is -0.457 e. The van der Waals surface area contributed by atoms with Crippen LogP contribution in [-0.4, -0.2) is 6.54 Å². The van der Waals surface area contributed by atoms with Crippen molar-refractivity contribution in [1.29, 1.82) is 0 Å². The number of hydrogen-bond donors (Lipinski definition) is 1. The number of aryl methyl sites for hydroxylation is 2. The van der Waals surface area contributed by atoms with Gasteiger partial charge in [0.15, 0.2) is 0 Å². The summed E-state index contributed by atoms with van der Waals surface area (Å²) in [6.07, 6.45) is 0. The third-order valence-corrected chi connectivity index (χ3v) is 3.52. The van der Waals surface area contributed by atoms with Crippen molar-refractivity contribution >= 4 is 0 Å². The van der Waals surface area contributed by atoms with Gasteiger partial charge in [-0.1, -0.05) is 32.0 Å². The van der Waals surface area contributed by atoms with Gasteiger partial charge in [-0.2, -0.15) is 0 Å². The molecule has 0 unspecified atom stereocenters. The SMILES string of the molecule is Cc1ccc(Oc2ccc(CNCC(C)C)cc2)cc1C. The van der Waals surface area contributed by atoms with E-state index in [1.165, 1.54) is 16.7 Å². The molecule has 0 fully saturated rings. The summed E-state index contributed by atoms with van der Waals surface area (Å²) < 4.78 is 5.89. The first-order chi connectivity index (χ1) is 10.0. The predicted molar refractivity (Wildman–Crippen MR) is 89.0 cm³/mol. The Morgan fingerprint density at radius 3 is 2.19 bits per heavy atom. The first kappa shape index (κ1) is 15.6. The number of ether oxygens (including phenoxy) is 1. The fourth-order valence-electron chi connectivity index (χ4n) is 2.09. The largest absolute Gasteiger partial charge is 0.457 e. The maximum absolute atomic E-state index is 5.89. The molecular weight excluding hydrogens is 258 g/mol. The van der Waals surface area contributed by atoms with E-state index in [1.54, 1.807) is 0 Å². The van der Waals surface area contributed by atoms with Crippen molar-refractivity contribution in [2.75, 3.05) is 6.54 Å². The van der Waals surface area contributed by atoms with Gasteiger partial charge in [0.1, 0.15) is 11.5 Å². The summed E-state index contributed by atoms with van der Waals surface area (Å²) in [4.78, 5) is 0. The quantitative estimate of drug-likeness (QED) is 0.819. The third kappa shape index (κ3) is 4.91. The number of hydrogen-bond acceptors (Lipinski definition) is 2. The van der Waals surface area contributed by atoms with Crippen LogP contribution in [0.3, 0.4) is 0 Å². The molecule has 0 aliphatic heterocycles. The van der Waals surface area contributed by atoms with Gasteiger partial charge >= 0.3 is 0 Å². The Hall–Kier alpha value is -1.80. The lowest BCUT2D eigenvalue weighted by Crippen LogP contribution is -2.18. The normalized spacial score (nSPS) is 10.9. The van der Waals surface area contributed by atoms with Crippen LogP contribution in [0.25, 0.3) is 0 Å². The fraction of sp³-hybridized carbons (Fsp3) is 0.368. The number of benzene rings is 2. The van der Waals surface area contributed by atoms with Crippen LogP contribution in [0.2, 0.25) is 0 Å². The van der Waals surface area contributed by atoms with Crippen LogP contribution >= 0.6 is 0 Å². The molecule has 112 valence electrons. The van der Waals surface area contributed by atoms with Crippen LogP contribution in [0.15, 0.2) is 42.5 Å². The highest BCUT2D eigenvalue weighted by Crippen LogP contribution is 2.23. The van der Waals surface area contributed by atoms with E-state index in [9.17, 15) is 0 Å². The molecule has 2 aromatic carbocycles. The Kier molecular flexibility index (Phi) is 5.40. The van der Waals surface area contributed by atoms with Crippen molar-refractivity contribution < 1.29 is 4.74 Å². The summed E-state index contributed by atoms with van der Waals surface area (Å²) in [5.74, 6) is 2.45. The first-order valence-corrected chi connectivity index (χ1v) is 7.59. The Morgan fingerprint density at radius 1 is 0.905 bits per heavy atom. The van der Waals surface area contributed by atoms with Crippen molar-refractivity contribution in [2.45, 2.75) is 34.2 Å². The molecule has 0 heterocycles. The maximum Gasteiger partial charge on any atom is 0.127 e. The standard InChI is InChI=1S/C19H25NO/c1-14(2)12-20-13-17-6-9-18(10-7-17)21-19-8-5-15(3)16(4)11-19/h5-11,14,20H,12-13H2,1-4H3. The van der Waals surface area contributed by atoms with Gasteiger partial charge in [-0.05, 0) is 67.3 Å². The van der Waals surface area contributed by atoms with Gasteiger partial charge in [0.05, 0.1) is 0 Å². The summed E-state index contributed by atoms with van der Waals surface area (Å²) >= 11 is 0. The van der Waals surface area contributed by atoms with E-state index in [0.29, 0.717) is 5.92 Å². The lowest BCUT2D eigenvalue weighted by atomic mass is 10.1. The van der Waals surface area contributed by atoms with Gasteiger partial charge in [-0.3, -0.25) is 0 Å². The van der Waals surface area contributed by atoms with Crippen molar-refractivity contribution in [3.05, 3.63) is 59.2 Å². The average molecular weight is 283 g/mol. The molecule has 0 bridgehead atoms. The summed E-state index contributed by atoms with van der Waals surface area (Å²) in [5, 5.41) is 3.44. The minimum absolute atomic E-state index is 0.678. The molecule has 0 amide bonds. The molecule has 21 heavy (non-hydrogen) atoms. The van der Waals surface area contributed by atoms with Crippen molar-refractivity contribution in [3.63, 3.8) is 0 Å². The average Bonchev–Trinajstić information content (AvgIpc) is 2.44. The van der Waals surface area contributed by atoms with Gasteiger partial charge < -0.3 is 10.1 Å². The molecule has 0 radical (unpaired) electrons. The molecule has 0 atom stereocenters. The van der Waals surface area contributed by atoms with Gasteiger partial charge in [0.25, 0.3) is 0 Å². The van der Waals surface area contributed by atoms with Crippen LogP contribution < -0.4 is 10.1 Å². The summed E-state index contributed by atoms with van der Waals surface area (Å²) in [7, 11) is 0. The van der Waals surface area contributed by atoms with Gasteiger partial charge in [-0.15, -0.1) is 0 Å². The minimum atomic E-state index is 0.678. The number of rotatable bonds is 6. The Labute approximate surface area is 128 Å². The number of nitrogens with one attached hydrogen (secondary N) is 1. The maximum atomic E-state index is 5.89. The van der Waals surface area contributed by atoms with Crippen LogP contribution in [0.1, 0.15) is 30.5 Å². The lowest BCUT2D eigenvalue weighted by molar-refractivity contribution is 0.481. The molecule has 1 N–H and O–H groups in total. The summed E-state index contributed by atoms with van der Waals surface area (Å²) in [5.41, 5.74) is 3.82. The summed E-state index contributed by atoms with van der Waals surface area (Å²) in [6, 6.07) is 14.5. The second kappa shape index (κ2) is 7.28. The van der Waals surface area contributed by atoms with Crippen molar-refractivity contribution in [1.82, 2.24) is 5.32 Å². The van der Waals surface area contributed by atoms with Gasteiger partial charge in [0.2, 0.25) is 0 Å². The molecule has 0 saturated carbocycles. The molecule has 2 heteroatoms. The van der Waals surface area contributed by atoms with Gasteiger partial charge in [-0.25, -0.2) is 0 Å². The third-order valence-electron chi connectivity index (χ3n) is 3.52. The Bertz CT molecular complexity index is 573. The van der Waals surface area contributed by atoms with E-state index < -0.39 is 0 Å². The summed E-state index contributed by atoms with van der Waals surface area (Å²) in [6.45, 7) is 10.6. The van der Waals surface area contributed by atoms with E-state index in [-0.39, 0.29) is 0 Å². The predicted octanol–water partition coefficient (Wildman–Crippen LogP) is 4.84. The van der Waals surface area contributed by atoms with Gasteiger partial charge in [0, 0.05) is 6.54 Å². The molecule has 2 aromatic rings. The van der Waals surface area contributed by atoms with Crippen LogP contribution in [0, 0.1) is 19.8 Å². The van der Waals surface area contributed by atoms with Crippen molar-refractivity contribution in [3.8, 4) is 11.5 Å². The lowest BCUT2D eigenvalue weighted by Gasteiger charge is -2.10. The molecular formula is C19H25NO. The monoisotopic (exact) mass is 283 g/mol. The molecule has 0 aromatic heterocycles. The Morgan fingerprint density at radius 2 is 1.57 bits per heavy atom. The molecule has 0 spiro atoms. The first-order valence-electron chi connectivity index (χ1n) is 7.59. The zero-order valence-corrected chi connectivity index (χ0v) is 13.4. The highest BCUT2D eigenvalue weighted by Gasteiger charge is 2.00. The molecule has 2 nitrogen and oxygen atoms in total. The molecule has 0 aliphatic rings. The molecule has 0 saturated heterocycles. The van der Waals surface area contributed by atoms with Crippen LogP contribution in [0.4, 0.5) is 0 Å². The highest BCUT2D eigenvalue weighted by atomic mass is 16.5. The van der Waals surface area contributed by atoms with E-state index in [1.807, 2.05) is 18.2 Å². The zero-order chi connectivity index (χ0) is 15.2. The zero-order valence-electron chi connectivity index (χ0n) is 13.4. The van der Waals surface area contributed by atoms with E-state index in [2.05, 4.69) is 57.3 Å². The molecule has 0 aliphatic carbocycles. The van der Waals surface area contributed by atoms with Crippen molar-refractivity contribution in [2.24, 2.45) is 5.92 Å². The van der Waals surface area contributed by atoms with Crippen LogP contribution in [0.5, 0.6) is 11.5 Å². The topological polar surface area (TPSA) is 21.3 Å². The highest BCUT2D eigenvalue weighted by molar-refractivity contribution is 5.37. The second-order valence-corrected chi connectivity index (χ2v) is 6.02. The van der Waals surface area contributed by atoms with E-state index >= 15 is 0 Å². The van der Waals surface area contributed by atoms with E-state index in [0.717, 1.165) is 24.6 Å². The van der Waals surface area contributed by atoms with E-state index in [4.69, 9.17) is 4.74 Å². The fourth-order valence-corrected chi connectivity index (χ4v) is 2.09.